The maximum atomic E-state index is 12.6. The van der Waals surface area contributed by atoms with Gasteiger partial charge in [0, 0.05) is 11.1 Å². The minimum absolute atomic E-state index is 0.105. The van der Waals surface area contributed by atoms with Gasteiger partial charge in [0.05, 0.1) is 7.11 Å². The molecule has 3 aromatic rings. The van der Waals surface area contributed by atoms with Crippen LogP contribution in [0.2, 0.25) is 0 Å². The molecule has 0 fully saturated rings. The summed E-state index contributed by atoms with van der Waals surface area (Å²) in [6.45, 7) is 3.50. The molecule has 0 bridgehead atoms. The highest BCUT2D eigenvalue weighted by Gasteiger charge is 2.14. The lowest BCUT2D eigenvalue weighted by molar-refractivity contribution is 0.104. The van der Waals surface area contributed by atoms with Crippen LogP contribution in [0, 0.1) is 0 Å². The minimum atomic E-state index is -0.105. The fourth-order valence-corrected chi connectivity index (χ4v) is 3.46. The third-order valence-electron chi connectivity index (χ3n) is 5.28. The number of ketones is 1. The van der Waals surface area contributed by atoms with Gasteiger partial charge in [-0.25, -0.2) is 0 Å². The van der Waals surface area contributed by atoms with E-state index in [0.717, 1.165) is 29.0 Å². The Morgan fingerprint density at radius 1 is 0.969 bits per heavy atom. The van der Waals surface area contributed by atoms with Crippen LogP contribution >= 0.6 is 0 Å². The Labute approximate surface area is 188 Å². The monoisotopic (exact) mass is 430 g/mol. The number of allylic oxidation sites excluding steroid dienone is 1. The molecule has 1 aliphatic heterocycles. The zero-order valence-electron chi connectivity index (χ0n) is 18.3. The van der Waals surface area contributed by atoms with E-state index in [9.17, 15) is 4.79 Å². The molecular formula is C27H26O5. The van der Waals surface area contributed by atoms with E-state index in [2.05, 4.69) is 19.1 Å². The van der Waals surface area contributed by atoms with E-state index in [1.165, 1.54) is 5.56 Å². The second-order valence-electron chi connectivity index (χ2n) is 7.41. The molecule has 5 heteroatoms. The number of ether oxygens (including phenoxy) is 4. The molecule has 0 saturated carbocycles. The molecule has 0 unspecified atom stereocenters. The number of carbonyl (C=O) groups is 1. The van der Waals surface area contributed by atoms with Crippen LogP contribution in [0.1, 0.15) is 34.0 Å². The van der Waals surface area contributed by atoms with Crippen molar-refractivity contribution in [2.75, 3.05) is 20.3 Å². The minimum Gasteiger partial charge on any atom is -0.496 e. The van der Waals surface area contributed by atoms with Gasteiger partial charge < -0.3 is 18.9 Å². The van der Waals surface area contributed by atoms with Gasteiger partial charge in [0.15, 0.2) is 17.3 Å². The van der Waals surface area contributed by atoms with E-state index in [1.807, 2.05) is 30.3 Å². The first-order valence-corrected chi connectivity index (χ1v) is 10.7. The lowest BCUT2D eigenvalue weighted by atomic mass is 10.1. The summed E-state index contributed by atoms with van der Waals surface area (Å²) in [5, 5.41) is 0. The molecule has 1 heterocycles. The second kappa shape index (κ2) is 10.1. The summed E-state index contributed by atoms with van der Waals surface area (Å²) in [5.74, 6) is 2.71. The van der Waals surface area contributed by atoms with Gasteiger partial charge in [-0.15, -0.1) is 0 Å². The quantitative estimate of drug-likeness (QED) is 0.349. The third-order valence-corrected chi connectivity index (χ3v) is 5.28. The van der Waals surface area contributed by atoms with Gasteiger partial charge in [-0.05, 0) is 66.1 Å². The molecule has 0 atom stereocenters. The van der Waals surface area contributed by atoms with E-state index < -0.39 is 0 Å². The maximum absolute atomic E-state index is 12.6. The molecule has 0 spiro atoms. The van der Waals surface area contributed by atoms with Crippen LogP contribution < -0.4 is 18.9 Å². The van der Waals surface area contributed by atoms with Crippen LogP contribution in [0.5, 0.6) is 23.0 Å². The molecular weight excluding hydrogens is 404 g/mol. The molecule has 164 valence electrons. The average Bonchev–Trinajstić information content (AvgIpc) is 2.86. The number of rotatable bonds is 8. The first-order chi connectivity index (χ1) is 15.7. The van der Waals surface area contributed by atoms with Gasteiger partial charge in [-0.3, -0.25) is 4.79 Å². The van der Waals surface area contributed by atoms with Crippen molar-refractivity contribution in [3.05, 3.63) is 89.0 Å². The highest BCUT2D eigenvalue weighted by atomic mass is 16.6. The molecule has 3 aromatic carbocycles. The average molecular weight is 431 g/mol. The fourth-order valence-electron chi connectivity index (χ4n) is 3.46. The van der Waals surface area contributed by atoms with Gasteiger partial charge in [-0.1, -0.05) is 31.2 Å². The molecule has 1 aliphatic rings. The molecule has 0 aliphatic carbocycles. The molecule has 0 aromatic heterocycles. The topological polar surface area (TPSA) is 54.0 Å². The summed E-state index contributed by atoms with van der Waals surface area (Å²) < 4.78 is 22.5. The van der Waals surface area contributed by atoms with Crippen molar-refractivity contribution in [1.82, 2.24) is 0 Å². The number of aryl methyl sites for hydroxylation is 1. The Kier molecular flexibility index (Phi) is 6.75. The van der Waals surface area contributed by atoms with Crippen molar-refractivity contribution in [1.29, 1.82) is 0 Å². The molecule has 32 heavy (non-hydrogen) atoms. The summed E-state index contributed by atoms with van der Waals surface area (Å²) in [7, 11) is 1.63. The van der Waals surface area contributed by atoms with Crippen LogP contribution in [0.4, 0.5) is 0 Å². The SMILES string of the molecule is CCc1ccc(OCc2cc(/C=C/C(=O)c3ccc4c(c3)OCCO4)ccc2OC)cc1. The summed E-state index contributed by atoms with van der Waals surface area (Å²) in [6.07, 6.45) is 4.34. The Morgan fingerprint density at radius 3 is 2.50 bits per heavy atom. The molecule has 0 radical (unpaired) electrons. The van der Waals surface area contributed by atoms with Crippen LogP contribution in [0.25, 0.3) is 6.08 Å². The third kappa shape index (κ3) is 5.11. The van der Waals surface area contributed by atoms with Crippen molar-refractivity contribution in [3.8, 4) is 23.0 Å². The van der Waals surface area contributed by atoms with Crippen LogP contribution in [0.15, 0.2) is 66.7 Å². The summed E-state index contributed by atoms with van der Waals surface area (Å²) in [4.78, 5) is 12.6. The molecule has 0 saturated heterocycles. The van der Waals surface area contributed by atoms with Gasteiger partial charge in [-0.2, -0.15) is 0 Å². The van der Waals surface area contributed by atoms with E-state index in [0.29, 0.717) is 36.9 Å². The largest absolute Gasteiger partial charge is 0.496 e. The Balaban J connectivity index is 1.46. The summed E-state index contributed by atoms with van der Waals surface area (Å²) in [6, 6.07) is 19.1. The van der Waals surface area contributed by atoms with Crippen LogP contribution in [0.3, 0.4) is 0 Å². The van der Waals surface area contributed by atoms with Gasteiger partial charge in [0.2, 0.25) is 0 Å². The number of hydrogen-bond donors (Lipinski definition) is 0. The Bertz CT molecular complexity index is 1120. The van der Waals surface area contributed by atoms with Crippen LogP contribution in [-0.4, -0.2) is 26.1 Å². The van der Waals surface area contributed by atoms with Crippen molar-refractivity contribution < 1.29 is 23.7 Å². The lowest BCUT2D eigenvalue weighted by Gasteiger charge is -2.18. The highest BCUT2D eigenvalue weighted by molar-refractivity contribution is 6.07. The smallest absolute Gasteiger partial charge is 0.185 e. The highest BCUT2D eigenvalue weighted by Crippen LogP contribution is 2.31. The lowest BCUT2D eigenvalue weighted by Crippen LogP contribution is -2.15. The Morgan fingerprint density at radius 2 is 1.75 bits per heavy atom. The van der Waals surface area contributed by atoms with Crippen molar-refractivity contribution in [3.63, 3.8) is 0 Å². The number of fused-ring (bicyclic) bond motifs is 1. The van der Waals surface area contributed by atoms with Crippen molar-refractivity contribution in [2.24, 2.45) is 0 Å². The van der Waals surface area contributed by atoms with Gasteiger partial charge >= 0.3 is 0 Å². The fraction of sp³-hybridized carbons (Fsp3) is 0.222. The van der Waals surface area contributed by atoms with Crippen molar-refractivity contribution >= 4 is 11.9 Å². The predicted molar refractivity (Wildman–Crippen MR) is 124 cm³/mol. The van der Waals surface area contributed by atoms with E-state index in [-0.39, 0.29) is 5.78 Å². The first kappa shape index (κ1) is 21.5. The van der Waals surface area contributed by atoms with E-state index in [1.54, 1.807) is 37.5 Å². The van der Waals surface area contributed by atoms with Gasteiger partial charge in [0.1, 0.15) is 31.3 Å². The molecule has 5 nitrogen and oxygen atoms in total. The standard InChI is InChI=1S/C27H26O5/c1-3-19-4-9-23(10-5-19)32-18-22-16-20(7-12-25(22)29-2)6-11-24(28)21-8-13-26-27(17-21)31-15-14-30-26/h4-13,16-17H,3,14-15,18H2,1-2H3/b11-6+. The predicted octanol–water partition coefficient (Wildman–Crippen LogP) is 5.50. The normalized spacial score (nSPS) is 12.6. The molecule has 0 amide bonds. The summed E-state index contributed by atoms with van der Waals surface area (Å²) >= 11 is 0. The maximum Gasteiger partial charge on any atom is 0.185 e. The molecule has 0 N–H and O–H groups in total. The van der Waals surface area contributed by atoms with E-state index >= 15 is 0 Å². The number of benzene rings is 3. The van der Waals surface area contributed by atoms with Crippen LogP contribution in [-0.2, 0) is 13.0 Å². The summed E-state index contributed by atoms with van der Waals surface area (Å²) in [5.41, 5.74) is 3.61. The van der Waals surface area contributed by atoms with Gasteiger partial charge in [0.25, 0.3) is 0 Å². The second-order valence-corrected chi connectivity index (χ2v) is 7.41. The zero-order chi connectivity index (χ0) is 22.3. The Hall–Kier alpha value is -3.73. The van der Waals surface area contributed by atoms with Crippen molar-refractivity contribution in [2.45, 2.75) is 20.0 Å². The zero-order valence-corrected chi connectivity index (χ0v) is 18.3. The molecule has 4 rings (SSSR count). The first-order valence-electron chi connectivity index (χ1n) is 10.7. The number of hydrogen-bond acceptors (Lipinski definition) is 5. The number of methoxy groups -OCH3 is 1. The van der Waals surface area contributed by atoms with E-state index in [4.69, 9.17) is 18.9 Å². The number of carbonyl (C=O) groups excluding carboxylic acids is 1.